The summed E-state index contributed by atoms with van der Waals surface area (Å²) in [6, 6.07) is 2.74. The van der Waals surface area contributed by atoms with E-state index in [0.717, 1.165) is 4.90 Å². The topological polar surface area (TPSA) is 0 Å². The number of benzene rings is 1. The lowest BCUT2D eigenvalue weighted by atomic mass is 10.3. The first kappa shape index (κ1) is 9.17. The van der Waals surface area contributed by atoms with Gasteiger partial charge in [0, 0.05) is 4.90 Å². The highest BCUT2D eigenvalue weighted by atomic mass is 35.5. The van der Waals surface area contributed by atoms with Crippen LogP contribution in [0.15, 0.2) is 17.0 Å². The van der Waals surface area contributed by atoms with Crippen LogP contribution in [0.2, 0.25) is 10.0 Å². The first-order valence-corrected chi connectivity index (χ1v) is 4.81. The van der Waals surface area contributed by atoms with E-state index in [0.29, 0.717) is 5.02 Å². The third-order valence-corrected chi connectivity index (χ3v) is 2.69. The van der Waals surface area contributed by atoms with E-state index in [9.17, 15) is 4.39 Å². The highest BCUT2D eigenvalue weighted by Gasteiger charge is 2.05. The lowest BCUT2D eigenvalue weighted by Gasteiger charge is -2.00. The van der Waals surface area contributed by atoms with Crippen LogP contribution < -0.4 is 0 Å². The number of thioether (sulfide) groups is 1. The SMILES string of the molecule is CSc1cc(Cl)c(F)cc1Cl. The molecule has 0 spiro atoms. The summed E-state index contributed by atoms with van der Waals surface area (Å²) in [7, 11) is 0. The van der Waals surface area contributed by atoms with Gasteiger partial charge >= 0.3 is 0 Å². The Balaban J connectivity index is 3.21. The molecule has 1 rings (SSSR count). The Kier molecular flexibility index (Phi) is 3.05. The molecule has 1 aromatic carbocycles. The molecule has 0 bridgehead atoms. The molecule has 0 aliphatic heterocycles. The second-order valence-corrected chi connectivity index (χ2v) is 3.56. The van der Waals surface area contributed by atoms with Gasteiger partial charge in [-0.25, -0.2) is 4.39 Å². The number of halogens is 3. The second kappa shape index (κ2) is 3.65. The van der Waals surface area contributed by atoms with Crippen LogP contribution in [0.5, 0.6) is 0 Å². The van der Waals surface area contributed by atoms with Crippen LogP contribution in [0, 0.1) is 5.82 Å². The fraction of sp³-hybridized carbons (Fsp3) is 0.143. The van der Waals surface area contributed by atoms with Crippen LogP contribution >= 0.6 is 35.0 Å². The molecule has 11 heavy (non-hydrogen) atoms. The van der Waals surface area contributed by atoms with Gasteiger partial charge < -0.3 is 0 Å². The van der Waals surface area contributed by atoms with Gasteiger partial charge in [-0.1, -0.05) is 23.2 Å². The summed E-state index contributed by atoms with van der Waals surface area (Å²) in [4.78, 5) is 0.790. The Labute approximate surface area is 78.7 Å². The maximum atomic E-state index is 12.7. The van der Waals surface area contributed by atoms with Crippen LogP contribution in [-0.4, -0.2) is 6.26 Å². The van der Waals surface area contributed by atoms with Crippen molar-refractivity contribution in [3.8, 4) is 0 Å². The minimum Gasteiger partial charge on any atom is -0.205 e. The average Bonchev–Trinajstić information content (AvgIpc) is 1.97. The summed E-state index contributed by atoms with van der Waals surface area (Å²) in [5.41, 5.74) is 0. The molecule has 0 heterocycles. The van der Waals surface area contributed by atoms with Crippen molar-refractivity contribution in [1.82, 2.24) is 0 Å². The zero-order valence-corrected chi connectivity index (χ0v) is 8.03. The Morgan fingerprint density at radius 1 is 1.27 bits per heavy atom. The van der Waals surface area contributed by atoms with Crippen LogP contribution in [0.25, 0.3) is 0 Å². The summed E-state index contributed by atoms with van der Waals surface area (Å²) >= 11 is 12.6. The summed E-state index contributed by atoms with van der Waals surface area (Å²) in [5, 5.41) is 0.512. The van der Waals surface area contributed by atoms with Crippen molar-refractivity contribution >= 4 is 35.0 Å². The van der Waals surface area contributed by atoms with Crippen molar-refractivity contribution < 1.29 is 4.39 Å². The van der Waals surface area contributed by atoms with Crippen LogP contribution in [0.1, 0.15) is 0 Å². The van der Waals surface area contributed by atoms with E-state index < -0.39 is 5.82 Å². The first-order valence-electron chi connectivity index (χ1n) is 2.83. The molecule has 0 aliphatic carbocycles. The zero-order chi connectivity index (χ0) is 8.43. The molecule has 60 valence electrons. The smallest absolute Gasteiger partial charge is 0.143 e. The lowest BCUT2D eigenvalue weighted by Crippen LogP contribution is -1.79. The summed E-state index contributed by atoms with van der Waals surface area (Å²) in [6.45, 7) is 0. The monoisotopic (exact) mass is 210 g/mol. The maximum absolute atomic E-state index is 12.7. The van der Waals surface area contributed by atoms with Crippen molar-refractivity contribution in [2.45, 2.75) is 4.90 Å². The first-order chi connectivity index (χ1) is 5.15. The van der Waals surface area contributed by atoms with Crippen molar-refractivity contribution in [3.63, 3.8) is 0 Å². The molecule has 0 saturated carbocycles. The van der Waals surface area contributed by atoms with Gasteiger partial charge in [-0.15, -0.1) is 11.8 Å². The summed E-state index contributed by atoms with van der Waals surface area (Å²) in [5.74, 6) is -0.477. The number of hydrogen-bond acceptors (Lipinski definition) is 1. The van der Waals surface area contributed by atoms with Crippen LogP contribution in [0.3, 0.4) is 0 Å². The molecule has 0 nitrogen and oxygen atoms in total. The van der Waals surface area contributed by atoms with E-state index in [1.165, 1.54) is 23.9 Å². The third kappa shape index (κ3) is 2.01. The molecular weight excluding hydrogens is 206 g/mol. The van der Waals surface area contributed by atoms with E-state index in [4.69, 9.17) is 23.2 Å². The highest BCUT2D eigenvalue weighted by molar-refractivity contribution is 7.98. The van der Waals surface area contributed by atoms with Gasteiger partial charge in [0.05, 0.1) is 10.0 Å². The predicted molar refractivity (Wildman–Crippen MR) is 48.2 cm³/mol. The molecule has 0 saturated heterocycles. The average molecular weight is 211 g/mol. The van der Waals surface area contributed by atoms with Crippen LogP contribution in [-0.2, 0) is 0 Å². The fourth-order valence-corrected chi connectivity index (χ4v) is 1.76. The quantitative estimate of drug-likeness (QED) is 0.502. The number of rotatable bonds is 1. The van der Waals surface area contributed by atoms with Crippen molar-refractivity contribution in [2.75, 3.05) is 6.26 Å². The minimum atomic E-state index is -0.477. The van der Waals surface area contributed by atoms with Gasteiger partial charge in [0.2, 0.25) is 0 Å². The molecule has 0 aliphatic rings. The van der Waals surface area contributed by atoms with Gasteiger partial charge in [-0.2, -0.15) is 0 Å². The predicted octanol–water partition coefficient (Wildman–Crippen LogP) is 3.85. The van der Waals surface area contributed by atoms with Crippen molar-refractivity contribution in [3.05, 3.63) is 28.0 Å². The van der Waals surface area contributed by atoms with Gasteiger partial charge in [-0.3, -0.25) is 0 Å². The van der Waals surface area contributed by atoms with Crippen LogP contribution in [0.4, 0.5) is 4.39 Å². The summed E-state index contributed by atoms with van der Waals surface area (Å²) < 4.78 is 12.7. The Hall–Kier alpha value is 0.0800. The Morgan fingerprint density at radius 2 is 1.91 bits per heavy atom. The molecule has 0 atom stereocenters. The third-order valence-electron chi connectivity index (χ3n) is 1.19. The van der Waals surface area contributed by atoms with Gasteiger partial charge in [0.1, 0.15) is 5.82 Å². The molecule has 0 radical (unpaired) electrons. The van der Waals surface area contributed by atoms with E-state index >= 15 is 0 Å². The molecule has 1 aromatic rings. The largest absolute Gasteiger partial charge is 0.205 e. The highest BCUT2D eigenvalue weighted by Crippen LogP contribution is 2.29. The number of hydrogen-bond donors (Lipinski definition) is 0. The van der Waals surface area contributed by atoms with E-state index in [2.05, 4.69) is 0 Å². The molecule has 0 amide bonds. The molecule has 0 unspecified atom stereocenters. The maximum Gasteiger partial charge on any atom is 0.143 e. The molecule has 0 N–H and O–H groups in total. The van der Waals surface area contributed by atoms with E-state index in [1.54, 1.807) is 0 Å². The Bertz CT molecular complexity index is 275. The normalized spacial score (nSPS) is 10.2. The second-order valence-electron chi connectivity index (χ2n) is 1.90. The van der Waals surface area contributed by atoms with Crippen molar-refractivity contribution in [2.24, 2.45) is 0 Å². The minimum absolute atomic E-state index is 0.110. The molecular formula is C7H5Cl2FS. The molecule has 0 aromatic heterocycles. The van der Waals surface area contributed by atoms with Crippen molar-refractivity contribution in [1.29, 1.82) is 0 Å². The van der Waals surface area contributed by atoms with Gasteiger partial charge in [-0.05, 0) is 18.4 Å². The Morgan fingerprint density at radius 3 is 2.45 bits per heavy atom. The zero-order valence-electron chi connectivity index (χ0n) is 5.70. The fourth-order valence-electron chi connectivity index (χ4n) is 0.661. The van der Waals surface area contributed by atoms with E-state index in [1.807, 2.05) is 6.26 Å². The lowest BCUT2D eigenvalue weighted by molar-refractivity contribution is 0.627. The van der Waals surface area contributed by atoms with E-state index in [-0.39, 0.29) is 5.02 Å². The van der Waals surface area contributed by atoms with Gasteiger partial charge in [0.15, 0.2) is 0 Å². The molecule has 4 heteroatoms. The summed E-state index contributed by atoms with van der Waals surface area (Å²) in [6.07, 6.45) is 1.86. The standard InChI is InChI=1S/C7H5Cl2FS/c1-11-7-3-4(8)6(10)2-5(7)9/h2-3H,1H3. The van der Waals surface area contributed by atoms with Gasteiger partial charge in [0.25, 0.3) is 0 Å². The molecule has 0 fully saturated rings.